The number of carbonyl (C=O) groups excluding carboxylic acids is 2. The topological polar surface area (TPSA) is 58.2 Å². The molecule has 6 heteroatoms. The summed E-state index contributed by atoms with van der Waals surface area (Å²) in [7, 11) is 0. The number of hydrogen-bond donors (Lipinski definition) is 2. The Morgan fingerprint density at radius 1 is 1.25 bits per heavy atom. The van der Waals surface area contributed by atoms with Gasteiger partial charge in [0.15, 0.2) is 0 Å². The highest BCUT2D eigenvalue weighted by Gasteiger charge is 2.40. The number of nitrogens with one attached hydrogen (secondary N) is 2. The van der Waals surface area contributed by atoms with E-state index in [1.807, 2.05) is 6.07 Å². The van der Waals surface area contributed by atoms with Crippen LogP contribution in [0.1, 0.15) is 41.8 Å². The van der Waals surface area contributed by atoms with Gasteiger partial charge in [-0.3, -0.25) is 20.4 Å². The van der Waals surface area contributed by atoms with Crippen molar-refractivity contribution < 1.29 is 9.59 Å². The molecule has 2 amide bonds. The minimum Gasteiger partial charge on any atom is -0.273 e. The highest BCUT2D eigenvalue weighted by molar-refractivity contribution is 9.11. The Balaban J connectivity index is 1.44. The van der Waals surface area contributed by atoms with E-state index >= 15 is 0 Å². The number of carbonyl (C=O) groups is 2. The standard InChI is InChI=1S/C14H17BrN2O2S/c15-12-4-3-11(20-12)14(19)17-16-13(18)7-10-6-8-1-2-9(10)5-8/h3-4,8-10H,1-2,5-7H2,(H,16,18)(H,17,19). The normalized spacial score (nSPS) is 27.6. The first-order valence-corrected chi connectivity index (χ1v) is 8.57. The summed E-state index contributed by atoms with van der Waals surface area (Å²) in [5.74, 6) is 1.75. The maximum atomic E-state index is 11.9. The van der Waals surface area contributed by atoms with Gasteiger partial charge in [-0.25, -0.2) is 0 Å². The quantitative estimate of drug-likeness (QED) is 0.817. The number of hydrazine groups is 1. The van der Waals surface area contributed by atoms with Gasteiger partial charge in [0.25, 0.3) is 5.91 Å². The molecule has 0 spiro atoms. The Morgan fingerprint density at radius 2 is 2.10 bits per heavy atom. The van der Waals surface area contributed by atoms with Gasteiger partial charge in [-0.15, -0.1) is 11.3 Å². The second-order valence-electron chi connectivity index (χ2n) is 5.75. The van der Waals surface area contributed by atoms with Crippen LogP contribution in [-0.2, 0) is 4.79 Å². The van der Waals surface area contributed by atoms with Crippen LogP contribution in [0.15, 0.2) is 15.9 Å². The molecular formula is C14H17BrN2O2S. The third kappa shape index (κ3) is 3.06. The molecule has 3 unspecified atom stereocenters. The minimum absolute atomic E-state index is 0.0773. The molecule has 2 aliphatic rings. The van der Waals surface area contributed by atoms with Gasteiger partial charge in [0.2, 0.25) is 5.91 Å². The third-order valence-electron chi connectivity index (χ3n) is 4.44. The molecule has 0 radical (unpaired) electrons. The van der Waals surface area contributed by atoms with Crippen molar-refractivity contribution in [3.8, 4) is 0 Å². The number of hydrogen-bond acceptors (Lipinski definition) is 3. The Morgan fingerprint density at radius 3 is 2.70 bits per heavy atom. The molecule has 1 aromatic rings. The fourth-order valence-electron chi connectivity index (χ4n) is 3.54. The monoisotopic (exact) mass is 356 g/mol. The summed E-state index contributed by atoms with van der Waals surface area (Å²) in [6, 6.07) is 3.54. The Bertz CT molecular complexity index is 531. The zero-order valence-electron chi connectivity index (χ0n) is 11.0. The summed E-state index contributed by atoms with van der Waals surface area (Å²) in [6.45, 7) is 0. The Hall–Kier alpha value is -0.880. The van der Waals surface area contributed by atoms with Crippen molar-refractivity contribution in [1.29, 1.82) is 0 Å². The summed E-state index contributed by atoms with van der Waals surface area (Å²) < 4.78 is 0.899. The van der Waals surface area contributed by atoms with Gasteiger partial charge in [-0.2, -0.15) is 0 Å². The van der Waals surface area contributed by atoms with Crippen molar-refractivity contribution in [3.63, 3.8) is 0 Å². The largest absolute Gasteiger partial charge is 0.279 e. The van der Waals surface area contributed by atoms with Gasteiger partial charge in [-0.1, -0.05) is 6.42 Å². The summed E-state index contributed by atoms with van der Waals surface area (Å²) in [5, 5.41) is 0. The van der Waals surface area contributed by atoms with Crippen molar-refractivity contribution in [3.05, 3.63) is 20.8 Å². The van der Waals surface area contributed by atoms with Crippen LogP contribution in [0.3, 0.4) is 0 Å². The predicted octanol–water partition coefficient (Wildman–Crippen LogP) is 3.10. The number of halogens is 1. The molecule has 3 rings (SSSR count). The SMILES string of the molecule is O=C(CC1CC2CCC1C2)NNC(=O)c1ccc(Br)s1. The molecule has 2 saturated carbocycles. The van der Waals surface area contributed by atoms with E-state index in [1.54, 1.807) is 6.07 Å². The highest BCUT2D eigenvalue weighted by Crippen LogP contribution is 2.49. The second kappa shape index (κ2) is 5.85. The first kappa shape index (κ1) is 14.1. The van der Waals surface area contributed by atoms with Crippen molar-refractivity contribution in [1.82, 2.24) is 10.9 Å². The lowest BCUT2D eigenvalue weighted by atomic mass is 9.86. The molecule has 1 heterocycles. The lowest BCUT2D eigenvalue weighted by Crippen LogP contribution is -2.42. The second-order valence-corrected chi connectivity index (χ2v) is 8.21. The zero-order chi connectivity index (χ0) is 14.1. The lowest BCUT2D eigenvalue weighted by Gasteiger charge is -2.20. The van der Waals surface area contributed by atoms with Crippen LogP contribution in [0.4, 0.5) is 0 Å². The molecule has 3 atom stereocenters. The number of fused-ring (bicyclic) bond motifs is 2. The summed E-state index contributed by atoms with van der Waals surface area (Å²) in [4.78, 5) is 24.3. The van der Waals surface area contributed by atoms with Gasteiger partial charge in [0.1, 0.15) is 0 Å². The van der Waals surface area contributed by atoms with Crippen molar-refractivity contribution in [2.24, 2.45) is 17.8 Å². The van der Waals surface area contributed by atoms with E-state index in [4.69, 9.17) is 0 Å². The molecule has 0 aromatic carbocycles. The lowest BCUT2D eigenvalue weighted by molar-refractivity contribution is -0.123. The Kier molecular flexibility index (Phi) is 4.12. The van der Waals surface area contributed by atoms with Gasteiger partial charge >= 0.3 is 0 Å². The average molecular weight is 357 g/mol. The highest BCUT2D eigenvalue weighted by atomic mass is 79.9. The van der Waals surface area contributed by atoms with E-state index in [2.05, 4.69) is 26.8 Å². The van der Waals surface area contributed by atoms with Crippen LogP contribution in [-0.4, -0.2) is 11.8 Å². The fourth-order valence-corrected chi connectivity index (χ4v) is 4.82. The summed E-state index contributed by atoms with van der Waals surface area (Å²) >= 11 is 4.65. The van der Waals surface area contributed by atoms with Gasteiger partial charge in [-0.05, 0) is 65.1 Å². The van der Waals surface area contributed by atoms with Crippen LogP contribution in [0, 0.1) is 17.8 Å². The van der Waals surface area contributed by atoms with Gasteiger partial charge in [0.05, 0.1) is 8.66 Å². The molecule has 1 aromatic heterocycles. The maximum absolute atomic E-state index is 11.9. The predicted molar refractivity (Wildman–Crippen MR) is 81.2 cm³/mol. The van der Waals surface area contributed by atoms with Crippen molar-refractivity contribution in [2.75, 3.05) is 0 Å². The van der Waals surface area contributed by atoms with E-state index in [1.165, 1.54) is 37.0 Å². The van der Waals surface area contributed by atoms with E-state index in [-0.39, 0.29) is 11.8 Å². The van der Waals surface area contributed by atoms with Crippen LogP contribution < -0.4 is 10.9 Å². The van der Waals surface area contributed by atoms with E-state index in [0.717, 1.165) is 15.6 Å². The van der Waals surface area contributed by atoms with Crippen molar-refractivity contribution in [2.45, 2.75) is 32.1 Å². The van der Waals surface area contributed by atoms with Crippen LogP contribution >= 0.6 is 27.3 Å². The molecule has 108 valence electrons. The minimum atomic E-state index is -0.262. The molecule has 2 N–H and O–H groups in total. The molecule has 0 saturated heterocycles. The fraction of sp³-hybridized carbons (Fsp3) is 0.571. The third-order valence-corrected chi connectivity index (χ3v) is 6.07. The number of thiophene rings is 1. The molecule has 2 fully saturated rings. The molecule has 4 nitrogen and oxygen atoms in total. The summed E-state index contributed by atoms with van der Waals surface area (Å²) in [5.41, 5.74) is 5.01. The van der Waals surface area contributed by atoms with Crippen LogP contribution in [0.5, 0.6) is 0 Å². The zero-order valence-corrected chi connectivity index (χ0v) is 13.4. The molecule has 2 aliphatic carbocycles. The van der Waals surface area contributed by atoms with E-state index in [0.29, 0.717) is 17.2 Å². The average Bonchev–Trinajstić information content (AvgIpc) is 3.12. The Labute approximate surface area is 130 Å². The number of amides is 2. The maximum Gasteiger partial charge on any atom is 0.279 e. The molecule has 20 heavy (non-hydrogen) atoms. The van der Waals surface area contributed by atoms with E-state index in [9.17, 15) is 9.59 Å². The molecule has 2 bridgehead atoms. The van der Waals surface area contributed by atoms with Crippen molar-refractivity contribution >= 4 is 39.1 Å². The smallest absolute Gasteiger partial charge is 0.273 e. The van der Waals surface area contributed by atoms with Crippen LogP contribution in [0.2, 0.25) is 0 Å². The molecule has 0 aliphatic heterocycles. The van der Waals surface area contributed by atoms with Gasteiger partial charge < -0.3 is 0 Å². The first-order valence-electron chi connectivity index (χ1n) is 6.96. The molecular weight excluding hydrogens is 340 g/mol. The van der Waals surface area contributed by atoms with Gasteiger partial charge in [0, 0.05) is 6.42 Å². The first-order chi connectivity index (χ1) is 9.61. The van der Waals surface area contributed by atoms with E-state index < -0.39 is 0 Å². The van der Waals surface area contributed by atoms with Crippen LogP contribution in [0.25, 0.3) is 0 Å². The number of rotatable bonds is 3. The summed E-state index contributed by atoms with van der Waals surface area (Å²) in [6.07, 6.45) is 5.64.